The third kappa shape index (κ3) is 0.782. The molecule has 1 heteroatoms. The molecule has 0 amide bonds. The third-order valence-corrected chi connectivity index (χ3v) is 5.42. The first kappa shape index (κ1) is 8.28. The fourth-order valence-corrected chi connectivity index (χ4v) is 4.89. The van der Waals surface area contributed by atoms with Gasteiger partial charge in [0.05, 0.1) is 0 Å². The Morgan fingerprint density at radius 1 is 0.846 bits per heavy atom. The molecule has 3 aliphatic rings. The fraction of sp³-hybridized carbons (Fsp3) is 1.00. The molecule has 0 saturated heterocycles. The van der Waals surface area contributed by atoms with E-state index in [0.29, 0.717) is 23.4 Å². The highest BCUT2D eigenvalue weighted by atomic mass is 16.3. The Balaban J connectivity index is 1.92. The van der Waals surface area contributed by atoms with E-state index < -0.39 is 0 Å². The lowest BCUT2D eigenvalue weighted by Gasteiger charge is -2.34. The van der Waals surface area contributed by atoms with Gasteiger partial charge in [-0.1, -0.05) is 25.7 Å². The first-order chi connectivity index (χ1) is 6.36. The minimum absolute atomic E-state index is 0.472. The fourth-order valence-electron chi connectivity index (χ4n) is 4.89. The van der Waals surface area contributed by atoms with Crippen LogP contribution in [0.15, 0.2) is 0 Å². The van der Waals surface area contributed by atoms with Gasteiger partial charge in [-0.2, -0.15) is 0 Å². The topological polar surface area (TPSA) is 20.2 Å². The van der Waals surface area contributed by atoms with Crippen LogP contribution < -0.4 is 0 Å². The summed E-state index contributed by atoms with van der Waals surface area (Å²) in [5, 5.41) is 9.46. The Labute approximate surface area is 80.5 Å². The van der Waals surface area contributed by atoms with Crippen molar-refractivity contribution in [3.05, 3.63) is 0 Å². The zero-order valence-electron chi connectivity index (χ0n) is 8.39. The van der Waals surface area contributed by atoms with Gasteiger partial charge in [-0.25, -0.2) is 0 Å². The summed E-state index contributed by atoms with van der Waals surface area (Å²) in [5.41, 5.74) is 1.27. The summed E-state index contributed by atoms with van der Waals surface area (Å²) in [4.78, 5) is 0. The molecule has 1 nitrogen and oxygen atoms in total. The van der Waals surface area contributed by atoms with Gasteiger partial charge >= 0.3 is 0 Å². The summed E-state index contributed by atoms with van der Waals surface area (Å²) >= 11 is 0. The smallest absolute Gasteiger partial charge is 0.0470 e. The predicted octanol–water partition coefficient (Wildman–Crippen LogP) is 2.73. The lowest BCUT2D eigenvalue weighted by atomic mass is 9.71. The monoisotopic (exact) mass is 180 g/mol. The van der Waals surface area contributed by atoms with Gasteiger partial charge in [0.25, 0.3) is 0 Å². The molecule has 0 aromatic rings. The van der Waals surface area contributed by atoms with E-state index in [1.54, 1.807) is 0 Å². The van der Waals surface area contributed by atoms with Crippen molar-refractivity contribution in [2.24, 2.45) is 16.7 Å². The molecular formula is C12H20O. The maximum absolute atomic E-state index is 9.46. The van der Waals surface area contributed by atoms with Gasteiger partial charge in [-0.3, -0.25) is 0 Å². The quantitative estimate of drug-likeness (QED) is 0.658. The van der Waals surface area contributed by atoms with Crippen LogP contribution in [0.4, 0.5) is 0 Å². The molecule has 3 fully saturated rings. The predicted molar refractivity (Wildman–Crippen MR) is 52.4 cm³/mol. The SMILES string of the molecule is OCC1C23CCCCC12CCCC3. The zero-order chi connectivity index (χ0) is 8.94. The van der Waals surface area contributed by atoms with Crippen LogP contribution in [0, 0.1) is 16.7 Å². The molecule has 74 valence electrons. The Hall–Kier alpha value is -0.0400. The molecule has 0 aliphatic heterocycles. The van der Waals surface area contributed by atoms with E-state index in [1.807, 2.05) is 0 Å². The van der Waals surface area contributed by atoms with Crippen LogP contribution in [-0.2, 0) is 0 Å². The van der Waals surface area contributed by atoms with Gasteiger partial charge in [0.1, 0.15) is 0 Å². The summed E-state index contributed by atoms with van der Waals surface area (Å²) in [6.45, 7) is 0.472. The molecule has 1 N–H and O–H groups in total. The average molecular weight is 180 g/mol. The van der Waals surface area contributed by atoms with Crippen LogP contribution >= 0.6 is 0 Å². The molecular weight excluding hydrogens is 160 g/mol. The van der Waals surface area contributed by atoms with Gasteiger partial charge in [0.15, 0.2) is 0 Å². The summed E-state index contributed by atoms with van der Waals surface area (Å²) in [5.74, 6) is 0.699. The molecule has 0 heterocycles. The first-order valence-corrected chi connectivity index (χ1v) is 5.97. The van der Waals surface area contributed by atoms with E-state index in [1.165, 1.54) is 51.4 Å². The molecule has 13 heavy (non-hydrogen) atoms. The molecule has 0 radical (unpaired) electrons. The standard InChI is InChI=1S/C12H20O/c13-9-10-11-5-1-2-6-12(10,11)8-4-3-7-11/h10,13H,1-9H2. The third-order valence-electron chi connectivity index (χ3n) is 5.42. The number of aliphatic hydroxyl groups is 1. The van der Waals surface area contributed by atoms with E-state index in [4.69, 9.17) is 0 Å². The van der Waals surface area contributed by atoms with Crippen molar-refractivity contribution in [1.82, 2.24) is 0 Å². The second-order valence-electron chi connectivity index (χ2n) is 5.46. The van der Waals surface area contributed by atoms with Gasteiger partial charge < -0.3 is 5.11 Å². The van der Waals surface area contributed by atoms with Crippen LogP contribution in [0.25, 0.3) is 0 Å². The molecule has 0 bridgehead atoms. The number of aliphatic hydroxyl groups excluding tert-OH is 1. The summed E-state index contributed by atoms with van der Waals surface area (Å²) in [6, 6.07) is 0. The maximum atomic E-state index is 9.46. The number of hydrogen-bond donors (Lipinski definition) is 1. The Morgan fingerprint density at radius 2 is 1.23 bits per heavy atom. The van der Waals surface area contributed by atoms with Crippen LogP contribution in [-0.4, -0.2) is 11.7 Å². The summed E-state index contributed by atoms with van der Waals surface area (Å²) in [6.07, 6.45) is 11.4. The summed E-state index contributed by atoms with van der Waals surface area (Å²) < 4.78 is 0. The van der Waals surface area contributed by atoms with E-state index >= 15 is 0 Å². The molecule has 0 spiro atoms. The van der Waals surface area contributed by atoms with Crippen LogP contribution in [0.5, 0.6) is 0 Å². The molecule has 0 atom stereocenters. The van der Waals surface area contributed by atoms with Crippen molar-refractivity contribution < 1.29 is 5.11 Å². The van der Waals surface area contributed by atoms with Gasteiger partial charge in [0, 0.05) is 6.61 Å². The molecule has 0 aromatic heterocycles. The molecule has 0 aromatic carbocycles. The van der Waals surface area contributed by atoms with Crippen LogP contribution in [0.2, 0.25) is 0 Å². The van der Waals surface area contributed by atoms with Gasteiger partial charge in [0.2, 0.25) is 0 Å². The van der Waals surface area contributed by atoms with Crippen LogP contribution in [0.1, 0.15) is 51.4 Å². The first-order valence-electron chi connectivity index (χ1n) is 5.97. The van der Waals surface area contributed by atoms with Crippen molar-refractivity contribution in [2.45, 2.75) is 51.4 Å². The minimum Gasteiger partial charge on any atom is -0.396 e. The molecule has 3 rings (SSSR count). The van der Waals surface area contributed by atoms with Crippen molar-refractivity contribution in [1.29, 1.82) is 0 Å². The van der Waals surface area contributed by atoms with Crippen molar-refractivity contribution >= 4 is 0 Å². The van der Waals surface area contributed by atoms with Crippen molar-refractivity contribution in [3.8, 4) is 0 Å². The highest BCUT2D eigenvalue weighted by molar-refractivity contribution is 5.23. The zero-order valence-corrected chi connectivity index (χ0v) is 8.39. The van der Waals surface area contributed by atoms with Crippen molar-refractivity contribution in [2.75, 3.05) is 6.61 Å². The second kappa shape index (κ2) is 2.50. The number of rotatable bonds is 1. The minimum atomic E-state index is 0.472. The van der Waals surface area contributed by atoms with E-state index in [0.717, 1.165) is 0 Å². The highest BCUT2D eigenvalue weighted by Gasteiger charge is 2.75. The van der Waals surface area contributed by atoms with Crippen LogP contribution in [0.3, 0.4) is 0 Å². The molecule has 0 unspecified atom stereocenters. The Morgan fingerprint density at radius 3 is 1.54 bits per heavy atom. The summed E-state index contributed by atoms with van der Waals surface area (Å²) in [7, 11) is 0. The van der Waals surface area contributed by atoms with E-state index in [2.05, 4.69) is 0 Å². The lowest BCUT2D eigenvalue weighted by Crippen LogP contribution is -2.22. The normalized spacial score (nSPS) is 53.8. The highest BCUT2D eigenvalue weighted by Crippen LogP contribution is 2.81. The lowest BCUT2D eigenvalue weighted by molar-refractivity contribution is 0.171. The Bertz CT molecular complexity index is 187. The largest absolute Gasteiger partial charge is 0.396 e. The van der Waals surface area contributed by atoms with Crippen molar-refractivity contribution in [3.63, 3.8) is 0 Å². The van der Waals surface area contributed by atoms with Gasteiger partial charge in [-0.15, -0.1) is 0 Å². The Kier molecular flexibility index (Phi) is 1.59. The van der Waals surface area contributed by atoms with Gasteiger partial charge in [-0.05, 0) is 42.4 Å². The number of hydrogen-bond acceptors (Lipinski definition) is 1. The second-order valence-corrected chi connectivity index (χ2v) is 5.46. The van der Waals surface area contributed by atoms with E-state index in [9.17, 15) is 5.11 Å². The molecule has 3 aliphatic carbocycles. The average Bonchev–Trinajstić information content (AvgIpc) is 2.80. The molecule has 3 saturated carbocycles. The maximum Gasteiger partial charge on any atom is 0.0470 e. The van der Waals surface area contributed by atoms with E-state index in [-0.39, 0.29) is 0 Å².